The van der Waals surface area contributed by atoms with Gasteiger partial charge in [-0.1, -0.05) is 11.6 Å². The second-order valence-corrected chi connectivity index (χ2v) is 7.96. The largest absolute Gasteiger partial charge is 0.342 e. The molecule has 1 N–H and O–H groups in total. The number of hydrogen-bond acceptors (Lipinski definition) is 3. The molecule has 0 unspecified atom stereocenters. The summed E-state index contributed by atoms with van der Waals surface area (Å²) < 4.78 is 0. The van der Waals surface area contributed by atoms with E-state index in [1.807, 2.05) is 48.8 Å². The zero-order chi connectivity index (χ0) is 19.1. The van der Waals surface area contributed by atoms with Crippen LogP contribution in [-0.2, 0) is 4.79 Å². The third-order valence-electron chi connectivity index (χ3n) is 5.62. The second-order valence-electron chi connectivity index (χ2n) is 7.96. The molecule has 0 saturated carbocycles. The molecule has 5 rings (SSSR count). The van der Waals surface area contributed by atoms with E-state index in [0.29, 0.717) is 25.2 Å². The van der Waals surface area contributed by atoms with Crippen molar-refractivity contribution in [1.29, 1.82) is 0 Å². The first-order chi connectivity index (χ1) is 12.9. The topological polar surface area (TPSA) is 69.3 Å². The first-order valence-electron chi connectivity index (χ1n) is 9.62. The van der Waals surface area contributed by atoms with Crippen LogP contribution in [-0.4, -0.2) is 57.3 Å². The van der Waals surface area contributed by atoms with E-state index in [9.17, 15) is 9.59 Å². The first-order valence-corrected chi connectivity index (χ1v) is 9.62. The molecule has 2 amide bonds. The van der Waals surface area contributed by atoms with Crippen LogP contribution >= 0.6 is 0 Å². The van der Waals surface area contributed by atoms with Gasteiger partial charge in [-0.2, -0.15) is 0 Å². The predicted molar refractivity (Wildman–Crippen MR) is 104 cm³/mol. The zero-order valence-electron chi connectivity index (χ0n) is 16.2. The average molecular weight is 366 g/mol. The van der Waals surface area contributed by atoms with E-state index in [4.69, 9.17) is 0 Å². The minimum absolute atomic E-state index is 0.00193. The SMILES string of the molecule is CC(C)=CCN1C(=O)[C@@H]2CC[C@H]1CN(C(=O)c1ccc3nc(C)[nH]c3c1)C2. The monoisotopic (exact) mass is 366 g/mol. The van der Waals surface area contributed by atoms with Crippen LogP contribution in [0.2, 0.25) is 0 Å². The number of nitrogens with zero attached hydrogens (tertiary/aromatic N) is 3. The maximum absolute atomic E-state index is 13.2. The quantitative estimate of drug-likeness (QED) is 0.849. The first kappa shape index (κ1) is 17.8. The van der Waals surface area contributed by atoms with E-state index in [-0.39, 0.29) is 23.8 Å². The predicted octanol–water partition coefficient (Wildman–Crippen LogP) is 2.90. The molecule has 3 aliphatic rings. The molecule has 1 aromatic carbocycles. The van der Waals surface area contributed by atoms with E-state index >= 15 is 0 Å². The van der Waals surface area contributed by atoms with Gasteiger partial charge in [0.2, 0.25) is 5.91 Å². The fourth-order valence-corrected chi connectivity index (χ4v) is 4.18. The fourth-order valence-electron chi connectivity index (χ4n) is 4.18. The number of aromatic nitrogens is 2. The standard InChI is InChI=1S/C21H26N4O2/c1-13(2)8-9-25-17-6-4-16(21(25)27)11-24(12-17)20(26)15-5-7-18-19(10-15)23-14(3)22-18/h5,7-8,10,16-17H,4,6,9,11-12H2,1-3H3,(H,22,23)/t16-,17+/m1/s1. The number of carbonyl (C=O) groups excluding carboxylic acids is 2. The van der Waals surface area contributed by atoms with Crippen LogP contribution in [0.25, 0.3) is 11.0 Å². The third-order valence-corrected chi connectivity index (χ3v) is 5.62. The number of H-pyrrole nitrogens is 1. The van der Waals surface area contributed by atoms with Crippen molar-refractivity contribution in [2.75, 3.05) is 19.6 Å². The number of imidazole rings is 1. The number of amides is 2. The lowest BCUT2D eigenvalue weighted by atomic mass is 9.94. The highest BCUT2D eigenvalue weighted by atomic mass is 16.2. The summed E-state index contributed by atoms with van der Waals surface area (Å²) in [5, 5.41) is 0. The number of benzene rings is 1. The molecule has 6 heteroatoms. The van der Waals surface area contributed by atoms with Gasteiger partial charge in [0.05, 0.1) is 17.0 Å². The molecule has 0 radical (unpaired) electrons. The lowest BCUT2D eigenvalue weighted by Gasteiger charge is -2.35. The Morgan fingerprint density at radius 1 is 1.30 bits per heavy atom. The number of rotatable bonds is 3. The second kappa shape index (κ2) is 6.83. The summed E-state index contributed by atoms with van der Waals surface area (Å²) in [5.41, 5.74) is 3.59. The van der Waals surface area contributed by atoms with Gasteiger partial charge in [0.15, 0.2) is 0 Å². The van der Waals surface area contributed by atoms with Crippen molar-refractivity contribution in [1.82, 2.24) is 19.8 Å². The highest BCUT2D eigenvalue weighted by Gasteiger charge is 2.41. The smallest absolute Gasteiger partial charge is 0.254 e. The van der Waals surface area contributed by atoms with Crippen molar-refractivity contribution < 1.29 is 9.59 Å². The van der Waals surface area contributed by atoms with Gasteiger partial charge in [0, 0.05) is 31.2 Å². The number of carbonyl (C=O) groups is 2. The minimum Gasteiger partial charge on any atom is -0.342 e. The van der Waals surface area contributed by atoms with Crippen LogP contribution in [0.15, 0.2) is 29.8 Å². The molecule has 0 aliphatic carbocycles. The molecule has 3 fully saturated rings. The molecule has 1 aromatic heterocycles. The average Bonchev–Trinajstić information content (AvgIpc) is 2.80. The van der Waals surface area contributed by atoms with E-state index in [0.717, 1.165) is 29.7 Å². The molecule has 2 bridgehead atoms. The number of hydrogen-bond donors (Lipinski definition) is 1. The fraction of sp³-hybridized carbons (Fsp3) is 0.476. The molecular formula is C21H26N4O2. The summed E-state index contributed by atoms with van der Waals surface area (Å²) in [4.78, 5) is 37.4. The molecule has 3 aliphatic heterocycles. The van der Waals surface area contributed by atoms with Gasteiger partial charge >= 0.3 is 0 Å². The van der Waals surface area contributed by atoms with Crippen LogP contribution in [0, 0.1) is 12.8 Å². The van der Waals surface area contributed by atoms with Crippen LogP contribution < -0.4 is 0 Å². The van der Waals surface area contributed by atoms with Crippen molar-refractivity contribution >= 4 is 22.8 Å². The number of aromatic amines is 1. The van der Waals surface area contributed by atoms with Crippen LogP contribution in [0.4, 0.5) is 0 Å². The lowest BCUT2D eigenvalue weighted by Crippen LogP contribution is -2.48. The molecule has 2 atom stereocenters. The summed E-state index contributed by atoms with van der Waals surface area (Å²) in [6.45, 7) is 7.76. The third kappa shape index (κ3) is 3.36. The molecular weight excluding hydrogens is 340 g/mol. The van der Waals surface area contributed by atoms with Gasteiger partial charge in [-0.3, -0.25) is 9.59 Å². The van der Waals surface area contributed by atoms with Crippen molar-refractivity contribution in [3.63, 3.8) is 0 Å². The number of piperidine rings is 1. The van der Waals surface area contributed by atoms with Gasteiger partial charge in [-0.05, 0) is 51.8 Å². The lowest BCUT2D eigenvalue weighted by molar-refractivity contribution is -0.139. The van der Waals surface area contributed by atoms with E-state index in [1.54, 1.807) is 0 Å². The number of nitrogens with one attached hydrogen (secondary N) is 1. The Morgan fingerprint density at radius 2 is 2.11 bits per heavy atom. The Kier molecular flexibility index (Phi) is 4.50. The molecule has 3 saturated heterocycles. The molecule has 27 heavy (non-hydrogen) atoms. The zero-order valence-corrected chi connectivity index (χ0v) is 16.2. The maximum Gasteiger partial charge on any atom is 0.254 e. The highest BCUT2D eigenvalue weighted by molar-refractivity contribution is 5.98. The van der Waals surface area contributed by atoms with Crippen LogP contribution in [0.1, 0.15) is 42.9 Å². The van der Waals surface area contributed by atoms with Crippen LogP contribution in [0.5, 0.6) is 0 Å². The van der Waals surface area contributed by atoms with Gasteiger partial charge in [-0.15, -0.1) is 0 Å². The molecule has 2 aromatic rings. The molecule has 6 nitrogen and oxygen atoms in total. The normalized spacial score (nSPS) is 22.3. The van der Waals surface area contributed by atoms with E-state index < -0.39 is 0 Å². The Hall–Kier alpha value is -2.63. The van der Waals surface area contributed by atoms with Crippen molar-refractivity contribution in [2.45, 2.75) is 39.7 Å². The number of allylic oxidation sites excluding steroid dienone is 1. The molecule has 142 valence electrons. The number of aryl methyl sites for hydroxylation is 1. The summed E-state index contributed by atoms with van der Waals surface area (Å²) in [7, 11) is 0. The minimum atomic E-state index is -0.0867. The van der Waals surface area contributed by atoms with Gasteiger partial charge < -0.3 is 14.8 Å². The Morgan fingerprint density at radius 3 is 2.89 bits per heavy atom. The Bertz CT molecular complexity index is 925. The summed E-state index contributed by atoms with van der Waals surface area (Å²) in [5.74, 6) is 0.941. The molecule has 0 spiro atoms. The van der Waals surface area contributed by atoms with Crippen molar-refractivity contribution in [2.24, 2.45) is 5.92 Å². The van der Waals surface area contributed by atoms with Crippen LogP contribution in [0.3, 0.4) is 0 Å². The number of fused-ring (bicyclic) bond motifs is 5. The summed E-state index contributed by atoms with van der Waals surface area (Å²) >= 11 is 0. The van der Waals surface area contributed by atoms with E-state index in [2.05, 4.69) is 16.0 Å². The van der Waals surface area contributed by atoms with Crippen molar-refractivity contribution in [3.8, 4) is 0 Å². The molecule has 4 heterocycles. The van der Waals surface area contributed by atoms with Gasteiger partial charge in [0.25, 0.3) is 5.91 Å². The van der Waals surface area contributed by atoms with Crippen molar-refractivity contribution in [3.05, 3.63) is 41.2 Å². The van der Waals surface area contributed by atoms with Gasteiger partial charge in [0.1, 0.15) is 5.82 Å². The summed E-state index contributed by atoms with van der Waals surface area (Å²) in [6.07, 6.45) is 3.94. The van der Waals surface area contributed by atoms with Gasteiger partial charge in [-0.25, -0.2) is 4.98 Å². The highest BCUT2D eigenvalue weighted by Crippen LogP contribution is 2.30. The Balaban J connectivity index is 1.58. The summed E-state index contributed by atoms with van der Waals surface area (Å²) in [6, 6.07) is 5.69. The maximum atomic E-state index is 13.2. The Labute approximate surface area is 159 Å². The van der Waals surface area contributed by atoms with E-state index in [1.165, 1.54) is 5.57 Å².